The van der Waals surface area contributed by atoms with E-state index < -0.39 is 18.1 Å². The maximum absolute atomic E-state index is 12.6. The number of carbonyl (C=O) groups excluding carboxylic acids is 2. The van der Waals surface area contributed by atoms with Crippen molar-refractivity contribution in [2.24, 2.45) is 11.5 Å². The maximum atomic E-state index is 12.6. The highest BCUT2D eigenvalue weighted by Crippen LogP contribution is 2.05. The molecule has 0 radical (unpaired) electrons. The van der Waals surface area contributed by atoms with E-state index in [0.29, 0.717) is 5.56 Å². The van der Waals surface area contributed by atoms with Gasteiger partial charge >= 0.3 is 12.1 Å². The van der Waals surface area contributed by atoms with Gasteiger partial charge in [-0.3, -0.25) is 0 Å². The molecule has 0 spiro atoms. The second kappa shape index (κ2) is 6.82. The Morgan fingerprint density at radius 2 is 1.82 bits per heavy atom. The number of esters is 1. The number of benzene rings is 1. The van der Waals surface area contributed by atoms with Crippen LogP contribution >= 0.6 is 12.4 Å². The Hall–Kier alpha value is -1.66. The van der Waals surface area contributed by atoms with Crippen LogP contribution in [0.25, 0.3) is 0 Å². The van der Waals surface area contributed by atoms with Crippen LogP contribution in [0.3, 0.4) is 0 Å². The fourth-order valence-electron chi connectivity index (χ4n) is 1.13. The fourth-order valence-corrected chi connectivity index (χ4v) is 1.13. The van der Waals surface area contributed by atoms with Gasteiger partial charge in [0.1, 0.15) is 11.9 Å². The summed E-state index contributed by atoms with van der Waals surface area (Å²) in [7, 11) is 0. The molecule has 94 valence electrons. The van der Waals surface area contributed by atoms with Crippen molar-refractivity contribution in [1.29, 1.82) is 0 Å². The van der Waals surface area contributed by atoms with Crippen molar-refractivity contribution in [1.82, 2.24) is 0 Å². The van der Waals surface area contributed by atoms with Crippen molar-refractivity contribution in [2.45, 2.75) is 12.5 Å². The Morgan fingerprint density at radius 3 is 2.29 bits per heavy atom. The zero-order valence-corrected chi connectivity index (χ0v) is 9.58. The summed E-state index contributed by atoms with van der Waals surface area (Å²) in [6.07, 6.45) is -1.05. The monoisotopic (exact) mass is 262 g/mol. The average Bonchev–Trinajstić information content (AvgIpc) is 2.20. The summed E-state index contributed by atoms with van der Waals surface area (Å²) in [4.78, 5) is 21.4. The quantitative estimate of drug-likeness (QED) is 0.620. The van der Waals surface area contributed by atoms with Crippen molar-refractivity contribution in [2.75, 3.05) is 0 Å². The third kappa shape index (κ3) is 5.28. The van der Waals surface area contributed by atoms with Gasteiger partial charge in [0.15, 0.2) is 0 Å². The second-order valence-corrected chi connectivity index (χ2v) is 3.18. The highest BCUT2D eigenvalue weighted by atomic mass is 35.5. The summed E-state index contributed by atoms with van der Waals surface area (Å²) in [5, 5.41) is 0. The summed E-state index contributed by atoms with van der Waals surface area (Å²) < 4.78 is 16.7. The maximum Gasteiger partial charge on any atom is 0.412 e. The first kappa shape index (κ1) is 15.3. The van der Waals surface area contributed by atoms with E-state index in [1.165, 1.54) is 24.3 Å². The predicted molar refractivity (Wildman–Crippen MR) is 61.0 cm³/mol. The Balaban J connectivity index is 0.00000256. The highest BCUT2D eigenvalue weighted by Gasteiger charge is 2.17. The van der Waals surface area contributed by atoms with Crippen LogP contribution in [-0.4, -0.2) is 18.1 Å². The molecular formula is C10H12ClFN2O3. The summed E-state index contributed by atoms with van der Waals surface area (Å²) >= 11 is 0. The number of carbonyl (C=O) groups is 2. The van der Waals surface area contributed by atoms with Gasteiger partial charge in [0.25, 0.3) is 0 Å². The lowest BCUT2D eigenvalue weighted by molar-refractivity contribution is -0.138. The Bertz CT molecular complexity index is 397. The first-order valence-electron chi connectivity index (χ1n) is 4.50. The fraction of sp³-hybridized carbons (Fsp3) is 0.200. The molecule has 1 atom stereocenters. The lowest BCUT2D eigenvalue weighted by Gasteiger charge is -2.08. The van der Waals surface area contributed by atoms with Crippen molar-refractivity contribution in [3.8, 4) is 0 Å². The molecule has 0 aliphatic rings. The number of primary amides is 1. The molecule has 0 saturated carbocycles. The molecule has 0 fully saturated rings. The van der Waals surface area contributed by atoms with Gasteiger partial charge in [0.05, 0.1) is 0 Å². The molecule has 0 aliphatic heterocycles. The molecular weight excluding hydrogens is 251 g/mol. The van der Waals surface area contributed by atoms with E-state index in [9.17, 15) is 14.0 Å². The van der Waals surface area contributed by atoms with Gasteiger partial charge in [-0.15, -0.1) is 12.4 Å². The van der Waals surface area contributed by atoms with E-state index >= 15 is 0 Å². The lowest BCUT2D eigenvalue weighted by Crippen LogP contribution is -2.36. The Kier molecular flexibility index (Phi) is 6.16. The summed E-state index contributed by atoms with van der Waals surface area (Å²) in [5.74, 6) is -1.28. The van der Waals surface area contributed by atoms with Crippen LogP contribution in [0, 0.1) is 5.82 Å². The molecule has 0 aromatic heterocycles. The molecule has 1 amide bonds. The predicted octanol–water partition coefficient (Wildman–Crippen LogP) is 0.739. The molecule has 0 aliphatic carbocycles. The van der Waals surface area contributed by atoms with Crippen LogP contribution in [0.2, 0.25) is 0 Å². The number of ether oxygens (including phenoxy) is 1. The molecule has 1 aromatic carbocycles. The van der Waals surface area contributed by atoms with E-state index in [1.807, 2.05) is 0 Å². The SMILES string of the molecule is Cl.NC(=O)OC(=O)[C@@H](N)Cc1ccc(F)cc1. The van der Waals surface area contributed by atoms with Crippen molar-refractivity contribution < 1.29 is 18.7 Å². The third-order valence-electron chi connectivity index (χ3n) is 1.87. The van der Waals surface area contributed by atoms with Crippen LogP contribution in [0.5, 0.6) is 0 Å². The van der Waals surface area contributed by atoms with Crippen LogP contribution in [0.15, 0.2) is 24.3 Å². The Labute approximate surface area is 103 Å². The lowest BCUT2D eigenvalue weighted by atomic mass is 10.1. The zero-order chi connectivity index (χ0) is 12.1. The molecule has 0 saturated heterocycles. The largest absolute Gasteiger partial charge is 0.412 e. The minimum Gasteiger partial charge on any atom is -0.375 e. The van der Waals surface area contributed by atoms with Gasteiger partial charge in [-0.1, -0.05) is 12.1 Å². The van der Waals surface area contributed by atoms with Crippen LogP contribution < -0.4 is 11.5 Å². The zero-order valence-electron chi connectivity index (χ0n) is 8.76. The number of rotatable bonds is 3. The van der Waals surface area contributed by atoms with Gasteiger partial charge in [-0.2, -0.15) is 0 Å². The first-order chi connectivity index (χ1) is 7.49. The van der Waals surface area contributed by atoms with E-state index in [0.717, 1.165) is 0 Å². The summed E-state index contributed by atoms with van der Waals surface area (Å²) in [6.45, 7) is 0. The minimum atomic E-state index is -1.19. The van der Waals surface area contributed by atoms with Gasteiger partial charge < -0.3 is 16.2 Å². The number of amides is 1. The van der Waals surface area contributed by atoms with E-state index in [-0.39, 0.29) is 24.6 Å². The standard InChI is InChI=1S/C10H11FN2O3.ClH/c11-7-3-1-6(2-4-7)5-8(12)9(14)16-10(13)15;/h1-4,8H,5,12H2,(H2,13,15);1H/t8-;/m0./s1. The van der Waals surface area contributed by atoms with Crippen molar-refractivity contribution in [3.05, 3.63) is 35.6 Å². The smallest absolute Gasteiger partial charge is 0.375 e. The number of hydrogen-bond acceptors (Lipinski definition) is 4. The van der Waals surface area contributed by atoms with Gasteiger partial charge in [0, 0.05) is 0 Å². The molecule has 4 N–H and O–H groups in total. The molecule has 7 heteroatoms. The molecule has 1 aromatic rings. The normalized spacial score (nSPS) is 11.2. The van der Waals surface area contributed by atoms with Gasteiger partial charge in [-0.25, -0.2) is 14.0 Å². The third-order valence-corrected chi connectivity index (χ3v) is 1.87. The van der Waals surface area contributed by atoms with Crippen LogP contribution in [0.4, 0.5) is 9.18 Å². The number of hydrogen-bond donors (Lipinski definition) is 2. The second-order valence-electron chi connectivity index (χ2n) is 3.18. The van der Waals surface area contributed by atoms with Gasteiger partial charge in [-0.05, 0) is 24.1 Å². The Morgan fingerprint density at radius 1 is 1.29 bits per heavy atom. The van der Waals surface area contributed by atoms with Crippen LogP contribution in [0.1, 0.15) is 5.56 Å². The van der Waals surface area contributed by atoms with Crippen LogP contribution in [-0.2, 0) is 16.0 Å². The van der Waals surface area contributed by atoms with Crippen molar-refractivity contribution in [3.63, 3.8) is 0 Å². The molecule has 0 unspecified atom stereocenters. The summed E-state index contributed by atoms with van der Waals surface area (Å²) in [5.41, 5.74) is 10.8. The van der Waals surface area contributed by atoms with Crippen molar-refractivity contribution >= 4 is 24.5 Å². The molecule has 0 bridgehead atoms. The molecule has 1 rings (SSSR count). The highest BCUT2D eigenvalue weighted by molar-refractivity contribution is 5.87. The number of nitrogens with two attached hydrogens (primary N) is 2. The topological polar surface area (TPSA) is 95.4 Å². The number of halogens is 2. The van der Waals surface area contributed by atoms with Gasteiger partial charge in [0.2, 0.25) is 0 Å². The molecule has 17 heavy (non-hydrogen) atoms. The van der Waals surface area contributed by atoms with E-state index in [4.69, 9.17) is 5.73 Å². The molecule has 0 heterocycles. The first-order valence-corrected chi connectivity index (χ1v) is 4.50. The van der Waals surface area contributed by atoms with E-state index in [2.05, 4.69) is 10.5 Å². The van der Waals surface area contributed by atoms with E-state index in [1.54, 1.807) is 0 Å². The average molecular weight is 263 g/mol. The molecule has 5 nitrogen and oxygen atoms in total. The summed E-state index contributed by atoms with van der Waals surface area (Å²) in [6, 6.07) is 4.49. The minimum absolute atomic E-state index is 0.